The van der Waals surface area contributed by atoms with E-state index in [0.29, 0.717) is 40.3 Å². The fourth-order valence-corrected chi connectivity index (χ4v) is 7.31. The maximum Gasteiger partial charge on any atom is 0.256 e. The topological polar surface area (TPSA) is 96.7 Å². The average molecular weight is 545 g/mol. The van der Waals surface area contributed by atoms with Crippen LogP contribution in [-0.2, 0) is 33.2 Å². The molecular formula is C31H32N2O5S. The number of piperidine rings is 1. The Morgan fingerprint density at radius 2 is 1.74 bits per heavy atom. The van der Waals surface area contributed by atoms with Gasteiger partial charge in [0.05, 0.1) is 22.8 Å². The van der Waals surface area contributed by atoms with Crippen LogP contribution in [-0.4, -0.2) is 44.6 Å². The van der Waals surface area contributed by atoms with Gasteiger partial charge in [0.25, 0.3) is 5.91 Å². The van der Waals surface area contributed by atoms with Crippen molar-refractivity contribution in [3.63, 3.8) is 0 Å². The number of hydrogen-bond donors (Lipinski definition) is 1. The number of carbonyl (C=O) groups is 2. The van der Waals surface area contributed by atoms with Gasteiger partial charge >= 0.3 is 0 Å². The highest BCUT2D eigenvalue weighted by Crippen LogP contribution is 2.38. The predicted molar refractivity (Wildman–Crippen MR) is 150 cm³/mol. The Hall–Kier alpha value is -3.49. The number of nitrogens with zero attached hydrogens (tertiary/aromatic N) is 1. The zero-order valence-corrected chi connectivity index (χ0v) is 22.7. The molecule has 1 aromatic heterocycles. The van der Waals surface area contributed by atoms with Gasteiger partial charge in [0.2, 0.25) is 0 Å². The van der Waals surface area contributed by atoms with Gasteiger partial charge in [-0.25, -0.2) is 8.42 Å². The minimum Gasteiger partial charge on any atom is -0.461 e. The first-order valence-electron chi connectivity index (χ1n) is 13.7. The van der Waals surface area contributed by atoms with Crippen molar-refractivity contribution in [2.24, 2.45) is 0 Å². The maximum absolute atomic E-state index is 13.3. The van der Waals surface area contributed by atoms with Crippen LogP contribution in [0.3, 0.4) is 0 Å². The van der Waals surface area contributed by atoms with Crippen molar-refractivity contribution < 1.29 is 22.4 Å². The quantitative estimate of drug-likeness (QED) is 0.321. The zero-order chi connectivity index (χ0) is 27.0. The van der Waals surface area contributed by atoms with Crippen molar-refractivity contribution in [2.45, 2.75) is 55.6 Å². The minimum absolute atomic E-state index is 0.0292. The number of sulfone groups is 1. The number of carbonyl (C=O) groups excluding carboxylic acids is 2. The SMILES string of the molecule is O=C1Nc2ccc(C(=O)CN3CCCCC3)cc2C1=Cc1oc2c(c1CS(=O)(=O)c1ccccc1)CCCC2. The Labute approximate surface area is 228 Å². The number of rotatable bonds is 7. The largest absolute Gasteiger partial charge is 0.461 e. The molecule has 2 aliphatic heterocycles. The van der Waals surface area contributed by atoms with Gasteiger partial charge in [0.1, 0.15) is 11.5 Å². The highest BCUT2D eigenvalue weighted by Gasteiger charge is 2.30. The van der Waals surface area contributed by atoms with Crippen LogP contribution in [0.4, 0.5) is 5.69 Å². The molecule has 6 rings (SSSR count). The third kappa shape index (κ3) is 5.23. The summed E-state index contributed by atoms with van der Waals surface area (Å²) in [5, 5.41) is 2.88. The maximum atomic E-state index is 13.3. The minimum atomic E-state index is -3.62. The Morgan fingerprint density at radius 3 is 2.54 bits per heavy atom. The molecule has 3 heterocycles. The molecule has 0 bridgehead atoms. The molecule has 8 heteroatoms. The number of fused-ring (bicyclic) bond motifs is 2. The number of benzene rings is 2. The first-order valence-corrected chi connectivity index (χ1v) is 15.4. The van der Waals surface area contributed by atoms with E-state index in [1.807, 2.05) is 0 Å². The number of aryl methyl sites for hydroxylation is 1. The fourth-order valence-electron chi connectivity index (χ4n) is 5.88. The molecule has 39 heavy (non-hydrogen) atoms. The molecule has 1 aliphatic carbocycles. The molecule has 1 fully saturated rings. The van der Waals surface area contributed by atoms with E-state index in [0.717, 1.165) is 62.9 Å². The molecule has 0 saturated carbocycles. The van der Waals surface area contributed by atoms with Crippen LogP contribution >= 0.6 is 0 Å². The summed E-state index contributed by atoms with van der Waals surface area (Å²) in [5.74, 6) is 0.746. The molecule has 0 atom stereocenters. The normalized spacial score (nSPS) is 18.6. The summed E-state index contributed by atoms with van der Waals surface area (Å²) in [6.07, 6.45) is 8.52. The van der Waals surface area contributed by atoms with Crippen molar-refractivity contribution in [1.82, 2.24) is 4.90 Å². The Kier molecular flexibility index (Phi) is 6.99. The summed E-state index contributed by atoms with van der Waals surface area (Å²) in [7, 11) is -3.62. The van der Waals surface area contributed by atoms with E-state index in [4.69, 9.17) is 4.42 Å². The summed E-state index contributed by atoms with van der Waals surface area (Å²) >= 11 is 0. The predicted octanol–water partition coefficient (Wildman–Crippen LogP) is 5.29. The van der Waals surface area contributed by atoms with Gasteiger partial charge in [-0.2, -0.15) is 0 Å². The monoisotopic (exact) mass is 544 g/mol. The van der Waals surface area contributed by atoms with Crippen molar-refractivity contribution in [2.75, 3.05) is 25.0 Å². The number of anilines is 1. The molecule has 3 aliphatic rings. The molecule has 3 aromatic rings. The molecule has 1 saturated heterocycles. The molecule has 1 amide bonds. The van der Waals surface area contributed by atoms with Gasteiger partial charge in [0.15, 0.2) is 15.6 Å². The highest BCUT2D eigenvalue weighted by atomic mass is 32.2. The van der Waals surface area contributed by atoms with E-state index in [9.17, 15) is 18.0 Å². The van der Waals surface area contributed by atoms with E-state index in [1.165, 1.54) is 6.42 Å². The Balaban J connectivity index is 1.36. The van der Waals surface area contributed by atoms with Gasteiger partial charge in [-0.05, 0) is 87.2 Å². The smallest absolute Gasteiger partial charge is 0.256 e. The molecule has 0 spiro atoms. The standard InChI is InChI=1S/C31H32N2O5S/c34-28(19-33-15-7-2-8-16-33)21-13-14-27-24(17-21)25(31(35)32-27)18-30-26(23-11-5-6-12-29(23)38-30)20-39(36,37)22-9-3-1-4-10-22/h1,3-4,9-10,13-14,17-18H,2,5-8,11-12,15-16,19-20H2,(H,32,35). The second-order valence-electron chi connectivity index (χ2n) is 10.7. The number of ketones is 1. The van der Waals surface area contributed by atoms with Gasteiger partial charge in [-0.15, -0.1) is 0 Å². The number of hydrogen-bond acceptors (Lipinski definition) is 6. The number of amides is 1. The summed E-state index contributed by atoms with van der Waals surface area (Å²) < 4.78 is 32.9. The number of likely N-dealkylation sites (tertiary alicyclic amines) is 1. The second-order valence-corrected chi connectivity index (χ2v) is 12.6. The van der Waals surface area contributed by atoms with Crippen molar-refractivity contribution in [3.8, 4) is 0 Å². The second kappa shape index (κ2) is 10.6. The lowest BCUT2D eigenvalue weighted by Gasteiger charge is -2.25. The molecule has 2 aromatic carbocycles. The van der Waals surface area contributed by atoms with Crippen LogP contribution in [0.15, 0.2) is 57.8 Å². The molecular weight excluding hydrogens is 512 g/mol. The van der Waals surface area contributed by atoms with Gasteiger partial charge in [-0.1, -0.05) is 24.6 Å². The lowest BCUT2D eigenvalue weighted by Crippen LogP contribution is -2.34. The molecule has 7 nitrogen and oxygen atoms in total. The van der Waals surface area contributed by atoms with Crippen LogP contribution in [0.2, 0.25) is 0 Å². The lowest BCUT2D eigenvalue weighted by molar-refractivity contribution is -0.110. The van der Waals surface area contributed by atoms with Crippen molar-refractivity contribution in [1.29, 1.82) is 0 Å². The van der Waals surface area contributed by atoms with Gasteiger partial charge in [0, 0.05) is 28.8 Å². The third-order valence-corrected chi connectivity index (χ3v) is 9.62. The van der Waals surface area contributed by atoms with Crippen LogP contribution in [0, 0.1) is 0 Å². The van der Waals surface area contributed by atoms with E-state index < -0.39 is 9.84 Å². The summed E-state index contributed by atoms with van der Waals surface area (Å²) in [4.78, 5) is 28.6. The Bertz CT molecular complexity index is 1560. The van der Waals surface area contributed by atoms with E-state index in [1.54, 1.807) is 54.6 Å². The van der Waals surface area contributed by atoms with Crippen molar-refractivity contribution in [3.05, 3.63) is 82.3 Å². The third-order valence-electron chi connectivity index (χ3n) is 7.96. The van der Waals surface area contributed by atoms with Crippen LogP contribution < -0.4 is 5.32 Å². The van der Waals surface area contributed by atoms with E-state index >= 15 is 0 Å². The van der Waals surface area contributed by atoms with Crippen LogP contribution in [0.1, 0.15) is 70.7 Å². The van der Waals surface area contributed by atoms with Crippen LogP contribution in [0.5, 0.6) is 0 Å². The van der Waals surface area contributed by atoms with Gasteiger partial charge < -0.3 is 9.73 Å². The molecule has 0 radical (unpaired) electrons. The van der Waals surface area contributed by atoms with E-state index in [2.05, 4.69) is 10.2 Å². The van der Waals surface area contributed by atoms with Crippen LogP contribution in [0.25, 0.3) is 11.6 Å². The summed E-state index contributed by atoms with van der Waals surface area (Å²) in [6.45, 7) is 2.23. The first-order chi connectivity index (χ1) is 18.9. The fraction of sp³-hybridized carbons (Fsp3) is 0.355. The van der Waals surface area contributed by atoms with E-state index in [-0.39, 0.29) is 22.3 Å². The molecule has 202 valence electrons. The average Bonchev–Trinajstić information content (AvgIpc) is 3.45. The number of nitrogens with one attached hydrogen (secondary N) is 1. The Morgan fingerprint density at radius 1 is 0.974 bits per heavy atom. The summed E-state index contributed by atoms with van der Waals surface area (Å²) in [6, 6.07) is 13.7. The molecule has 1 N–H and O–H groups in total. The zero-order valence-electron chi connectivity index (χ0n) is 21.9. The summed E-state index contributed by atoms with van der Waals surface area (Å²) in [5.41, 5.74) is 3.78. The van der Waals surface area contributed by atoms with Gasteiger partial charge in [-0.3, -0.25) is 14.5 Å². The highest BCUT2D eigenvalue weighted by molar-refractivity contribution is 7.90. The lowest BCUT2D eigenvalue weighted by atomic mass is 9.94. The first kappa shape index (κ1) is 25.8. The number of furan rings is 1. The van der Waals surface area contributed by atoms with Crippen molar-refractivity contribution >= 4 is 38.9 Å². The number of Topliss-reactive ketones (excluding diaryl/α,β-unsaturated/α-hetero) is 1. The molecule has 0 unspecified atom stereocenters.